The number of rotatable bonds is 1. The molecule has 1 N–H and O–H groups in total. The molecule has 0 spiro atoms. The van der Waals surface area contributed by atoms with Gasteiger partial charge >= 0.3 is 0 Å². The van der Waals surface area contributed by atoms with Crippen LogP contribution in [0, 0.1) is 5.82 Å². The Morgan fingerprint density at radius 1 is 1.06 bits per heavy atom. The minimum absolute atomic E-state index is 0. The predicted octanol–water partition coefficient (Wildman–Crippen LogP) is 3.55. The van der Waals surface area contributed by atoms with Crippen LogP contribution >= 0.6 is 12.4 Å². The summed E-state index contributed by atoms with van der Waals surface area (Å²) in [6, 6.07) is 8.14. The number of hydrogen-bond acceptors (Lipinski definition) is 1. The number of hydrogen-bond donors (Lipinski definition) is 1. The first-order chi connectivity index (χ1) is 7.79. The van der Waals surface area contributed by atoms with E-state index in [0.29, 0.717) is 12.1 Å². The molecule has 1 aromatic rings. The number of halogens is 2. The second kappa shape index (κ2) is 5.19. The molecular weight excluding hydrogens is 237 g/mol. The summed E-state index contributed by atoms with van der Waals surface area (Å²) in [5.41, 5.74) is 2.63. The van der Waals surface area contributed by atoms with Gasteiger partial charge in [-0.2, -0.15) is 0 Å². The molecule has 2 fully saturated rings. The Balaban J connectivity index is 0.00000108. The maximum absolute atomic E-state index is 12.8. The van der Waals surface area contributed by atoms with Gasteiger partial charge in [-0.15, -0.1) is 12.4 Å². The van der Waals surface area contributed by atoms with E-state index in [4.69, 9.17) is 0 Å². The summed E-state index contributed by atoms with van der Waals surface area (Å²) in [6.07, 6.45) is 7.17. The van der Waals surface area contributed by atoms with Crippen molar-refractivity contribution in [2.24, 2.45) is 0 Å². The first kappa shape index (κ1) is 12.6. The number of benzene rings is 1. The van der Waals surface area contributed by atoms with Gasteiger partial charge in [-0.3, -0.25) is 0 Å². The summed E-state index contributed by atoms with van der Waals surface area (Å²) in [4.78, 5) is 0. The molecule has 0 aromatic heterocycles. The van der Waals surface area contributed by atoms with Crippen LogP contribution in [-0.4, -0.2) is 12.1 Å². The summed E-state index contributed by atoms with van der Waals surface area (Å²) in [5, 5.41) is 3.61. The summed E-state index contributed by atoms with van der Waals surface area (Å²) in [7, 11) is 0. The fourth-order valence-corrected chi connectivity index (χ4v) is 2.85. The van der Waals surface area contributed by atoms with Crippen LogP contribution in [0.15, 0.2) is 29.8 Å². The molecule has 0 amide bonds. The van der Waals surface area contributed by atoms with Crippen molar-refractivity contribution >= 4 is 18.5 Å². The van der Waals surface area contributed by atoms with E-state index in [1.165, 1.54) is 30.5 Å². The third kappa shape index (κ3) is 2.88. The second-order valence-corrected chi connectivity index (χ2v) is 4.90. The van der Waals surface area contributed by atoms with Gasteiger partial charge in [0.1, 0.15) is 5.82 Å². The largest absolute Gasteiger partial charge is 0.311 e. The molecule has 0 saturated carbocycles. The Hall–Kier alpha value is -0.860. The van der Waals surface area contributed by atoms with Gasteiger partial charge in [0.05, 0.1) is 0 Å². The normalized spacial score (nSPS) is 26.5. The molecule has 2 bridgehead atoms. The van der Waals surface area contributed by atoms with Crippen molar-refractivity contribution in [1.29, 1.82) is 0 Å². The highest BCUT2D eigenvalue weighted by Gasteiger charge is 2.29. The molecule has 1 aromatic carbocycles. The van der Waals surface area contributed by atoms with E-state index in [1.54, 1.807) is 0 Å². The molecule has 3 rings (SSSR count). The summed E-state index contributed by atoms with van der Waals surface area (Å²) < 4.78 is 12.8. The Labute approximate surface area is 108 Å². The van der Waals surface area contributed by atoms with Gasteiger partial charge in [-0.05, 0) is 43.4 Å². The van der Waals surface area contributed by atoms with E-state index in [0.717, 1.165) is 18.4 Å². The second-order valence-electron chi connectivity index (χ2n) is 4.90. The van der Waals surface area contributed by atoms with Crippen molar-refractivity contribution in [2.45, 2.75) is 37.8 Å². The van der Waals surface area contributed by atoms with Crippen molar-refractivity contribution in [2.75, 3.05) is 0 Å². The minimum Gasteiger partial charge on any atom is -0.311 e. The van der Waals surface area contributed by atoms with Gasteiger partial charge in [0.2, 0.25) is 0 Å². The molecule has 0 radical (unpaired) electrons. The highest BCUT2D eigenvalue weighted by atomic mass is 35.5. The Morgan fingerprint density at radius 2 is 1.65 bits per heavy atom. The summed E-state index contributed by atoms with van der Waals surface area (Å²) >= 11 is 0. The lowest BCUT2D eigenvalue weighted by molar-refractivity contribution is 0.476. The smallest absolute Gasteiger partial charge is 0.123 e. The highest BCUT2D eigenvalue weighted by Crippen LogP contribution is 2.31. The van der Waals surface area contributed by atoms with Gasteiger partial charge < -0.3 is 5.32 Å². The van der Waals surface area contributed by atoms with Gasteiger partial charge in [0.25, 0.3) is 0 Å². The van der Waals surface area contributed by atoms with Crippen LogP contribution < -0.4 is 5.32 Å². The third-order valence-corrected chi connectivity index (χ3v) is 3.59. The molecule has 1 nitrogen and oxygen atoms in total. The zero-order chi connectivity index (χ0) is 11.0. The molecule has 3 heteroatoms. The van der Waals surface area contributed by atoms with Crippen molar-refractivity contribution in [3.63, 3.8) is 0 Å². The minimum atomic E-state index is -0.160. The van der Waals surface area contributed by atoms with Gasteiger partial charge in [0.15, 0.2) is 0 Å². The van der Waals surface area contributed by atoms with Crippen molar-refractivity contribution < 1.29 is 4.39 Å². The monoisotopic (exact) mass is 253 g/mol. The molecule has 2 heterocycles. The van der Waals surface area contributed by atoms with Crippen molar-refractivity contribution in [3.05, 3.63) is 41.2 Å². The number of piperidine rings is 1. The summed E-state index contributed by atoms with van der Waals surface area (Å²) in [5.74, 6) is -0.160. The lowest BCUT2D eigenvalue weighted by Gasteiger charge is -2.23. The van der Waals surface area contributed by atoms with Crippen LogP contribution in [0.2, 0.25) is 0 Å². The average Bonchev–Trinajstić information content (AvgIpc) is 2.62. The van der Waals surface area contributed by atoms with Crippen LogP contribution in [0.1, 0.15) is 31.2 Å². The molecule has 92 valence electrons. The molecule has 2 atom stereocenters. The first-order valence-corrected chi connectivity index (χ1v) is 6.01. The maximum atomic E-state index is 12.8. The quantitative estimate of drug-likeness (QED) is 0.807. The molecule has 2 aliphatic rings. The third-order valence-electron chi connectivity index (χ3n) is 3.59. The zero-order valence-corrected chi connectivity index (χ0v) is 10.5. The number of fused-ring (bicyclic) bond motifs is 2. The molecule has 17 heavy (non-hydrogen) atoms. The fraction of sp³-hybridized carbons (Fsp3) is 0.429. The Kier molecular flexibility index (Phi) is 3.85. The van der Waals surface area contributed by atoms with Gasteiger partial charge in [-0.1, -0.05) is 23.8 Å². The lowest BCUT2D eigenvalue weighted by atomic mass is 9.97. The number of nitrogens with one attached hydrogen (secondary N) is 1. The van der Waals surface area contributed by atoms with Crippen molar-refractivity contribution in [1.82, 2.24) is 5.32 Å². The molecule has 0 aliphatic carbocycles. The molecule has 2 unspecified atom stereocenters. The SMILES string of the molecule is Cl.Fc1ccc(C=C2CC3CCC(C2)N3)cc1. The van der Waals surface area contributed by atoms with E-state index in [2.05, 4.69) is 11.4 Å². The van der Waals surface area contributed by atoms with E-state index in [1.807, 2.05) is 12.1 Å². The molecule has 2 saturated heterocycles. The maximum Gasteiger partial charge on any atom is 0.123 e. The molecular formula is C14H17ClFN. The summed E-state index contributed by atoms with van der Waals surface area (Å²) in [6.45, 7) is 0. The fourth-order valence-electron chi connectivity index (χ4n) is 2.85. The Bertz CT molecular complexity index is 399. The zero-order valence-electron chi connectivity index (χ0n) is 9.66. The topological polar surface area (TPSA) is 12.0 Å². The van der Waals surface area contributed by atoms with Gasteiger partial charge in [0, 0.05) is 12.1 Å². The van der Waals surface area contributed by atoms with Crippen molar-refractivity contribution in [3.8, 4) is 0 Å². The average molecular weight is 254 g/mol. The van der Waals surface area contributed by atoms with E-state index < -0.39 is 0 Å². The van der Waals surface area contributed by atoms with E-state index in [-0.39, 0.29) is 18.2 Å². The highest BCUT2D eigenvalue weighted by molar-refractivity contribution is 5.85. The van der Waals surface area contributed by atoms with Crippen LogP contribution in [0.4, 0.5) is 4.39 Å². The van der Waals surface area contributed by atoms with E-state index in [9.17, 15) is 4.39 Å². The Morgan fingerprint density at radius 3 is 2.24 bits per heavy atom. The van der Waals surface area contributed by atoms with Gasteiger partial charge in [-0.25, -0.2) is 4.39 Å². The molecule has 2 aliphatic heterocycles. The van der Waals surface area contributed by atoms with Crippen LogP contribution in [0.3, 0.4) is 0 Å². The van der Waals surface area contributed by atoms with E-state index >= 15 is 0 Å². The van der Waals surface area contributed by atoms with Crippen LogP contribution in [0.5, 0.6) is 0 Å². The predicted molar refractivity (Wildman–Crippen MR) is 70.8 cm³/mol. The van der Waals surface area contributed by atoms with Crippen LogP contribution in [0.25, 0.3) is 6.08 Å². The standard InChI is InChI=1S/C14H16FN.ClH/c15-12-3-1-10(2-4-12)7-11-8-13-5-6-14(9-11)16-13;/h1-4,7,13-14,16H,5-6,8-9H2;1H. The first-order valence-electron chi connectivity index (χ1n) is 6.01. The van der Waals surface area contributed by atoms with Crippen LogP contribution in [-0.2, 0) is 0 Å². The lowest BCUT2D eigenvalue weighted by Crippen LogP contribution is -2.34.